The molecule has 0 aliphatic rings. The maximum Gasteiger partial charge on any atom is 0.261 e. The summed E-state index contributed by atoms with van der Waals surface area (Å²) in [7, 11) is 0. The molecule has 0 unspecified atom stereocenters. The Kier molecular flexibility index (Phi) is 10.7. The molecule has 7 nitrogen and oxygen atoms in total. The van der Waals surface area contributed by atoms with Gasteiger partial charge in [-0.3, -0.25) is 14.9 Å². The number of anilines is 2. The maximum atomic E-state index is 12.9. The SMILES string of the molecule is CCCCCC(=O)Nc1cccc(NC(=S)NC(=O)c2ccccc2OCCOc2ccccc2)c1. The van der Waals surface area contributed by atoms with Crippen LogP contribution in [0.3, 0.4) is 0 Å². The Morgan fingerprint density at radius 1 is 0.806 bits per heavy atom. The number of nitrogens with one attached hydrogen (secondary N) is 3. The molecule has 36 heavy (non-hydrogen) atoms. The molecular weight excluding hydrogens is 474 g/mol. The molecule has 3 rings (SSSR count). The predicted octanol–water partition coefficient (Wildman–Crippen LogP) is 5.79. The van der Waals surface area contributed by atoms with Crippen LogP contribution in [0.25, 0.3) is 0 Å². The number of para-hydroxylation sites is 2. The molecule has 0 atom stereocenters. The van der Waals surface area contributed by atoms with E-state index in [9.17, 15) is 9.59 Å². The fraction of sp³-hybridized carbons (Fsp3) is 0.250. The van der Waals surface area contributed by atoms with E-state index in [1.54, 1.807) is 48.5 Å². The van der Waals surface area contributed by atoms with Crippen LogP contribution in [0.1, 0.15) is 43.0 Å². The van der Waals surface area contributed by atoms with Crippen molar-refractivity contribution in [3.8, 4) is 11.5 Å². The average Bonchev–Trinajstić information content (AvgIpc) is 2.88. The van der Waals surface area contributed by atoms with Gasteiger partial charge in [-0.2, -0.15) is 0 Å². The normalized spacial score (nSPS) is 10.2. The van der Waals surface area contributed by atoms with Gasteiger partial charge in [0.25, 0.3) is 5.91 Å². The minimum absolute atomic E-state index is 0.0257. The molecular formula is C28H31N3O4S. The lowest BCUT2D eigenvalue weighted by molar-refractivity contribution is -0.116. The van der Waals surface area contributed by atoms with Crippen molar-refractivity contribution in [3.63, 3.8) is 0 Å². The van der Waals surface area contributed by atoms with Gasteiger partial charge in [0.2, 0.25) is 5.91 Å². The van der Waals surface area contributed by atoms with Gasteiger partial charge in [-0.1, -0.05) is 56.2 Å². The third kappa shape index (κ3) is 9.03. The highest BCUT2D eigenvalue weighted by atomic mass is 32.1. The van der Waals surface area contributed by atoms with Crippen LogP contribution in [0, 0.1) is 0 Å². The number of rotatable bonds is 12. The third-order valence-electron chi connectivity index (χ3n) is 5.12. The molecule has 0 saturated heterocycles. The Balaban J connectivity index is 1.50. The molecule has 3 aromatic carbocycles. The van der Waals surface area contributed by atoms with Crippen LogP contribution < -0.4 is 25.4 Å². The minimum Gasteiger partial charge on any atom is -0.490 e. The highest BCUT2D eigenvalue weighted by molar-refractivity contribution is 7.80. The van der Waals surface area contributed by atoms with E-state index in [-0.39, 0.29) is 17.6 Å². The van der Waals surface area contributed by atoms with Crippen molar-refractivity contribution in [1.29, 1.82) is 0 Å². The van der Waals surface area contributed by atoms with Crippen molar-refractivity contribution >= 4 is 40.5 Å². The van der Waals surface area contributed by atoms with Gasteiger partial charge in [-0.15, -0.1) is 0 Å². The number of benzene rings is 3. The zero-order valence-electron chi connectivity index (χ0n) is 20.3. The van der Waals surface area contributed by atoms with E-state index in [1.165, 1.54) is 0 Å². The summed E-state index contributed by atoms with van der Waals surface area (Å²) < 4.78 is 11.4. The summed E-state index contributed by atoms with van der Waals surface area (Å²) in [4.78, 5) is 24.9. The second-order valence-electron chi connectivity index (χ2n) is 8.00. The van der Waals surface area contributed by atoms with Crippen LogP contribution in [-0.2, 0) is 4.79 Å². The van der Waals surface area contributed by atoms with Crippen molar-refractivity contribution in [2.75, 3.05) is 23.8 Å². The van der Waals surface area contributed by atoms with Crippen LogP contribution in [0.2, 0.25) is 0 Å². The molecule has 0 bridgehead atoms. The smallest absolute Gasteiger partial charge is 0.261 e. The van der Waals surface area contributed by atoms with E-state index in [2.05, 4.69) is 22.9 Å². The van der Waals surface area contributed by atoms with Crippen molar-refractivity contribution in [3.05, 3.63) is 84.4 Å². The van der Waals surface area contributed by atoms with Crippen LogP contribution in [0.4, 0.5) is 11.4 Å². The lowest BCUT2D eigenvalue weighted by Crippen LogP contribution is -2.34. The van der Waals surface area contributed by atoms with Gasteiger partial charge < -0.3 is 20.1 Å². The van der Waals surface area contributed by atoms with Crippen LogP contribution in [0.5, 0.6) is 11.5 Å². The Labute approximate surface area is 217 Å². The van der Waals surface area contributed by atoms with Crippen LogP contribution >= 0.6 is 12.2 Å². The first-order valence-corrected chi connectivity index (χ1v) is 12.4. The number of unbranched alkanes of at least 4 members (excludes halogenated alkanes) is 2. The Morgan fingerprint density at radius 3 is 2.28 bits per heavy atom. The van der Waals surface area contributed by atoms with Crippen molar-refractivity contribution in [1.82, 2.24) is 5.32 Å². The first kappa shape index (κ1) is 26.7. The molecule has 8 heteroatoms. The van der Waals surface area contributed by atoms with Crippen molar-refractivity contribution in [2.45, 2.75) is 32.6 Å². The summed E-state index contributed by atoms with van der Waals surface area (Å²) in [5.74, 6) is 0.764. The van der Waals surface area contributed by atoms with E-state index in [4.69, 9.17) is 21.7 Å². The highest BCUT2D eigenvalue weighted by Gasteiger charge is 2.14. The fourth-order valence-electron chi connectivity index (χ4n) is 3.37. The molecule has 0 radical (unpaired) electrons. The third-order valence-corrected chi connectivity index (χ3v) is 5.33. The number of carbonyl (C=O) groups is 2. The monoisotopic (exact) mass is 505 g/mol. The largest absolute Gasteiger partial charge is 0.490 e. The second kappa shape index (κ2) is 14.5. The molecule has 0 heterocycles. The average molecular weight is 506 g/mol. The summed E-state index contributed by atoms with van der Waals surface area (Å²) in [6, 6.07) is 23.6. The summed E-state index contributed by atoms with van der Waals surface area (Å²) in [6.45, 7) is 2.72. The zero-order valence-corrected chi connectivity index (χ0v) is 21.1. The van der Waals surface area contributed by atoms with E-state index in [0.717, 1.165) is 25.0 Å². The molecule has 0 fully saturated rings. The molecule has 0 aliphatic carbocycles. The lowest BCUT2D eigenvalue weighted by Gasteiger charge is -2.14. The first-order chi connectivity index (χ1) is 17.5. The topological polar surface area (TPSA) is 88.7 Å². The number of hydrogen-bond donors (Lipinski definition) is 3. The van der Waals surface area contributed by atoms with Crippen LogP contribution in [0.15, 0.2) is 78.9 Å². The van der Waals surface area contributed by atoms with Crippen molar-refractivity contribution < 1.29 is 19.1 Å². The minimum atomic E-state index is -0.396. The fourth-order valence-corrected chi connectivity index (χ4v) is 3.59. The highest BCUT2D eigenvalue weighted by Crippen LogP contribution is 2.19. The van der Waals surface area contributed by atoms with Gasteiger partial charge >= 0.3 is 0 Å². The molecule has 0 aliphatic heterocycles. The van der Waals surface area contributed by atoms with E-state index in [0.29, 0.717) is 35.7 Å². The number of thiocarbonyl (C=S) groups is 1. The predicted molar refractivity (Wildman–Crippen MR) is 147 cm³/mol. The molecule has 188 valence electrons. The van der Waals surface area contributed by atoms with Gasteiger partial charge in [0.1, 0.15) is 24.7 Å². The van der Waals surface area contributed by atoms with Crippen molar-refractivity contribution in [2.24, 2.45) is 0 Å². The molecule has 3 aromatic rings. The Bertz CT molecular complexity index is 1150. The number of ether oxygens (including phenoxy) is 2. The molecule has 0 spiro atoms. The molecule has 2 amide bonds. The number of hydrogen-bond acceptors (Lipinski definition) is 5. The standard InChI is InChI=1S/C28H31N3O4S/c1-2-3-5-17-26(32)29-21-11-10-12-22(20-21)30-28(36)31-27(33)24-15-8-9-16-25(24)35-19-18-34-23-13-6-4-7-14-23/h4,6-16,20H,2-3,5,17-19H2,1H3,(H,29,32)(H2,30,31,33,36). The van der Waals surface area contributed by atoms with Gasteiger partial charge in [0, 0.05) is 17.8 Å². The quantitative estimate of drug-likeness (QED) is 0.213. The Hall–Kier alpha value is -3.91. The van der Waals surface area contributed by atoms with Gasteiger partial charge in [-0.05, 0) is 61.1 Å². The number of amides is 2. The summed E-state index contributed by atoms with van der Waals surface area (Å²) in [5.41, 5.74) is 1.66. The Morgan fingerprint density at radius 2 is 1.50 bits per heavy atom. The lowest BCUT2D eigenvalue weighted by atomic mass is 10.2. The molecule has 0 saturated carbocycles. The molecule has 0 aromatic heterocycles. The second-order valence-corrected chi connectivity index (χ2v) is 8.41. The summed E-state index contributed by atoms with van der Waals surface area (Å²) in [5, 5.41) is 8.68. The summed E-state index contributed by atoms with van der Waals surface area (Å²) in [6.07, 6.45) is 3.44. The maximum absolute atomic E-state index is 12.9. The molecule has 3 N–H and O–H groups in total. The van der Waals surface area contributed by atoms with Gasteiger partial charge in [0.05, 0.1) is 5.56 Å². The van der Waals surface area contributed by atoms with Gasteiger partial charge in [0.15, 0.2) is 5.11 Å². The van der Waals surface area contributed by atoms with E-state index >= 15 is 0 Å². The van der Waals surface area contributed by atoms with E-state index in [1.807, 2.05) is 30.3 Å². The van der Waals surface area contributed by atoms with Gasteiger partial charge in [-0.25, -0.2) is 0 Å². The van der Waals surface area contributed by atoms with E-state index < -0.39 is 5.91 Å². The number of carbonyl (C=O) groups excluding carboxylic acids is 2. The first-order valence-electron chi connectivity index (χ1n) is 12.0. The zero-order chi connectivity index (χ0) is 25.6. The summed E-state index contributed by atoms with van der Waals surface area (Å²) >= 11 is 5.33. The van der Waals surface area contributed by atoms with Crippen LogP contribution in [-0.4, -0.2) is 30.1 Å².